The maximum absolute atomic E-state index is 11.9. The van der Waals surface area contributed by atoms with Gasteiger partial charge in [0.05, 0.1) is 13.4 Å². The van der Waals surface area contributed by atoms with Crippen LogP contribution in [0, 0.1) is 0 Å². The summed E-state index contributed by atoms with van der Waals surface area (Å²) in [6, 6.07) is -0.221. The van der Waals surface area contributed by atoms with E-state index in [1.54, 1.807) is 6.92 Å². The van der Waals surface area contributed by atoms with Gasteiger partial charge in [-0.2, -0.15) is 0 Å². The molecule has 1 heterocycles. The number of nitrogen functional groups attached to an aromatic ring is 1. The molecule has 1 fully saturated rings. The predicted molar refractivity (Wildman–Crippen MR) is 63.9 cm³/mol. The van der Waals surface area contributed by atoms with E-state index in [1.807, 2.05) is 0 Å². The second kappa shape index (κ2) is 4.67. The van der Waals surface area contributed by atoms with Crippen molar-refractivity contribution in [3.8, 4) is 0 Å². The number of hydrogen-bond donors (Lipinski definition) is 2. The minimum Gasteiger partial charge on any atom is -0.464 e. The van der Waals surface area contributed by atoms with E-state index in [9.17, 15) is 9.59 Å². The van der Waals surface area contributed by atoms with Gasteiger partial charge in [-0.25, -0.2) is 9.78 Å². The molecule has 1 saturated carbocycles. The molecule has 0 spiro atoms. The molecule has 1 atom stereocenters. The summed E-state index contributed by atoms with van der Waals surface area (Å²) < 4.78 is 6.01. The Morgan fingerprint density at radius 1 is 1.61 bits per heavy atom. The number of hydrogen-bond acceptors (Lipinski definition) is 5. The van der Waals surface area contributed by atoms with E-state index in [0.717, 1.165) is 12.8 Å². The molecule has 7 nitrogen and oxygen atoms in total. The largest absolute Gasteiger partial charge is 0.464 e. The standard InChI is InChI=1S/C11H16N4O3/c1-6(10(16)14-7-3-4-7)15-5-13-8(9(15)12)11(17)18-2/h5-7H,3-4,12H2,1-2H3,(H,14,16). The lowest BCUT2D eigenvalue weighted by Crippen LogP contribution is -2.32. The molecule has 0 bridgehead atoms. The maximum atomic E-state index is 11.9. The number of ether oxygens (including phenoxy) is 1. The Balaban J connectivity index is 2.14. The summed E-state index contributed by atoms with van der Waals surface area (Å²) in [5, 5.41) is 2.87. The highest BCUT2D eigenvalue weighted by atomic mass is 16.5. The van der Waals surface area contributed by atoms with Gasteiger partial charge in [-0.05, 0) is 19.8 Å². The Bertz CT molecular complexity index is 479. The number of methoxy groups -OCH3 is 1. The van der Waals surface area contributed by atoms with Crippen LogP contribution < -0.4 is 11.1 Å². The molecule has 3 N–H and O–H groups in total. The Labute approximate surface area is 104 Å². The average Bonchev–Trinajstić information content (AvgIpc) is 3.08. The summed E-state index contributed by atoms with van der Waals surface area (Å²) in [6.45, 7) is 1.71. The van der Waals surface area contributed by atoms with Gasteiger partial charge in [-0.15, -0.1) is 0 Å². The average molecular weight is 252 g/mol. The molecule has 0 radical (unpaired) electrons. The molecule has 1 aliphatic carbocycles. The lowest BCUT2D eigenvalue weighted by molar-refractivity contribution is -0.124. The number of nitrogens with one attached hydrogen (secondary N) is 1. The van der Waals surface area contributed by atoms with Crippen LogP contribution in [0.4, 0.5) is 5.82 Å². The third kappa shape index (κ3) is 2.29. The van der Waals surface area contributed by atoms with Crippen LogP contribution >= 0.6 is 0 Å². The number of aromatic nitrogens is 2. The molecule has 1 aromatic heterocycles. The molecule has 98 valence electrons. The van der Waals surface area contributed by atoms with E-state index in [0.29, 0.717) is 0 Å². The monoisotopic (exact) mass is 252 g/mol. The third-order valence-corrected chi connectivity index (χ3v) is 2.93. The number of nitrogens with zero attached hydrogens (tertiary/aromatic N) is 2. The van der Waals surface area contributed by atoms with E-state index in [1.165, 1.54) is 18.0 Å². The van der Waals surface area contributed by atoms with Crippen LogP contribution in [0.5, 0.6) is 0 Å². The summed E-state index contributed by atoms with van der Waals surface area (Å²) in [6.07, 6.45) is 3.41. The molecule has 0 saturated heterocycles. The molecule has 0 aromatic carbocycles. The molecule has 18 heavy (non-hydrogen) atoms. The lowest BCUT2D eigenvalue weighted by Gasteiger charge is -2.14. The van der Waals surface area contributed by atoms with Gasteiger partial charge in [0.1, 0.15) is 11.9 Å². The van der Waals surface area contributed by atoms with Crippen LogP contribution in [0.1, 0.15) is 36.3 Å². The van der Waals surface area contributed by atoms with Crippen molar-refractivity contribution in [1.82, 2.24) is 14.9 Å². The van der Waals surface area contributed by atoms with E-state index >= 15 is 0 Å². The van der Waals surface area contributed by atoms with Gasteiger partial charge in [0.2, 0.25) is 5.91 Å². The van der Waals surface area contributed by atoms with Gasteiger partial charge in [0.15, 0.2) is 5.69 Å². The van der Waals surface area contributed by atoms with Crippen molar-refractivity contribution in [2.45, 2.75) is 31.8 Å². The van der Waals surface area contributed by atoms with Crippen LogP contribution in [-0.2, 0) is 9.53 Å². The van der Waals surface area contributed by atoms with Gasteiger partial charge < -0.3 is 20.4 Å². The van der Waals surface area contributed by atoms with Crippen molar-refractivity contribution in [1.29, 1.82) is 0 Å². The number of nitrogens with two attached hydrogens (primary N) is 1. The first-order chi connectivity index (χ1) is 8.54. The molecular formula is C11H16N4O3. The van der Waals surface area contributed by atoms with Crippen molar-refractivity contribution in [3.63, 3.8) is 0 Å². The van der Waals surface area contributed by atoms with Gasteiger partial charge >= 0.3 is 5.97 Å². The second-order valence-electron chi connectivity index (χ2n) is 4.34. The van der Waals surface area contributed by atoms with Crippen LogP contribution in [0.3, 0.4) is 0 Å². The van der Waals surface area contributed by atoms with E-state index in [4.69, 9.17) is 5.73 Å². The summed E-state index contributed by atoms with van der Waals surface area (Å²) in [5.41, 5.74) is 5.82. The molecular weight excluding hydrogens is 236 g/mol. The van der Waals surface area contributed by atoms with Gasteiger partial charge in [-0.1, -0.05) is 0 Å². The summed E-state index contributed by atoms with van der Waals surface area (Å²) >= 11 is 0. The zero-order chi connectivity index (χ0) is 13.3. The van der Waals surface area contributed by atoms with Crippen LogP contribution in [0.25, 0.3) is 0 Å². The number of carbonyl (C=O) groups excluding carboxylic acids is 2. The third-order valence-electron chi connectivity index (χ3n) is 2.93. The lowest BCUT2D eigenvalue weighted by atomic mass is 10.3. The molecule has 0 aliphatic heterocycles. The number of rotatable bonds is 4. The van der Waals surface area contributed by atoms with Gasteiger partial charge in [-0.3, -0.25) is 4.79 Å². The number of imidazole rings is 1. The highest BCUT2D eigenvalue weighted by Crippen LogP contribution is 2.22. The summed E-state index contributed by atoms with van der Waals surface area (Å²) in [7, 11) is 1.25. The van der Waals surface area contributed by atoms with E-state index in [2.05, 4.69) is 15.0 Å². The fourth-order valence-corrected chi connectivity index (χ4v) is 1.61. The Morgan fingerprint density at radius 2 is 2.28 bits per heavy atom. The van der Waals surface area contributed by atoms with Crippen molar-refractivity contribution in [2.75, 3.05) is 12.8 Å². The number of esters is 1. The quantitative estimate of drug-likeness (QED) is 0.740. The molecule has 2 rings (SSSR count). The molecule has 1 amide bonds. The minimum absolute atomic E-state index is 0.0311. The van der Waals surface area contributed by atoms with Crippen LogP contribution in [0.15, 0.2) is 6.33 Å². The first-order valence-electron chi connectivity index (χ1n) is 5.75. The summed E-state index contributed by atoms with van der Waals surface area (Å²) in [5.74, 6) is -0.598. The van der Waals surface area contributed by atoms with Crippen molar-refractivity contribution in [3.05, 3.63) is 12.0 Å². The first kappa shape index (κ1) is 12.4. The zero-order valence-corrected chi connectivity index (χ0v) is 10.3. The van der Waals surface area contributed by atoms with Crippen molar-refractivity contribution < 1.29 is 14.3 Å². The normalized spacial score (nSPS) is 16.1. The fraction of sp³-hybridized carbons (Fsp3) is 0.545. The molecule has 1 unspecified atom stereocenters. The SMILES string of the molecule is COC(=O)c1ncn(C(C)C(=O)NC2CC2)c1N. The smallest absolute Gasteiger partial charge is 0.360 e. The van der Waals surface area contributed by atoms with Gasteiger partial charge in [0, 0.05) is 6.04 Å². The maximum Gasteiger partial charge on any atom is 0.360 e. The number of anilines is 1. The van der Waals surface area contributed by atoms with Gasteiger partial charge in [0.25, 0.3) is 0 Å². The fourth-order valence-electron chi connectivity index (χ4n) is 1.61. The van der Waals surface area contributed by atoms with E-state index in [-0.39, 0.29) is 23.5 Å². The topological polar surface area (TPSA) is 99.2 Å². The molecule has 7 heteroatoms. The number of amides is 1. The Kier molecular flexibility index (Phi) is 3.22. The van der Waals surface area contributed by atoms with Crippen molar-refractivity contribution >= 4 is 17.7 Å². The van der Waals surface area contributed by atoms with Crippen LogP contribution in [-0.4, -0.2) is 34.6 Å². The molecule has 1 aromatic rings. The minimum atomic E-state index is -0.610. The second-order valence-corrected chi connectivity index (χ2v) is 4.34. The Hall–Kier alpha value is -2.05. The highest BCUT2D eigenvalue weighted by molar-refractivity contribution is 5.92. The number of carbonyl (C=O) groups is 2. The summed E-state index contributed by atoms with van der Waals surface area (Å²) in [4.78, 5) is 27.1. The van der Waals surface area contributed by atoms with Crippen LogP contribution in [0.2, 0.25) is 0 Å². The zero-order valence-electron chi connectivity index (χ0n) is 10.3. The highest BCUT2D eigenvalue weighted by Gasteiger charge is 2.28. The predicted octanol–water partition coefficient (Wildman–Crippen LogP) is 0.0915. The van der Waals surface area contributed by atoms with E-state index < -0.39 is 12.0 Å². The Morgan fingerprint density at radius 3 is 2.83 bits per heavy atom. The first-order valence-corrected chi connectivity index (χ1v) is 5.75. The molecule has 1 aliphatic rings. The van der Waals surface area contributed by atoms with Crippen molar-refractivity contribution in [2.24, 2.45) is 0 Å².